The highest BCUT2D eigenvalue weighted by molar-refractivity contribution is 7.21. The molecular weight excluding hydrogens is 542 g/mol. The molecule has 0 atom stereocenters. The van der Waals surface area contributed by atoms with E-state index in [0.29, 0.717) is 59.9 Å². The molecule has 0 saturated heterocycles. The molecule has 9 heteroatoms. The first kappa shape index (κ1) is 28.9. The molecule has 1 heterocycles. The molecule has 2 aliphatic rings. The predicted molar refractivity (Wildman–Crippen MR) is 156 cm³/mol. The van der Waals surface area contributed by atoms with Crippen molar-refractivity contribution in [2.45, 2.75) is 65.2 Å². The van der Waals surface area contributed by atoms with Gasteiger partial charge in [-0.05, 0) is 94.5 Å². The minimum atomic E-state index is -0.400. The van der Waals surface area contributed by atoms with Gasteiger partial charge in [0.25, 0.3) is 5.56 Å². The summed E-state index contributed by atoms with van der Waals surface area (Å²) in [4.78, 5) is 55.4. The third-order valence-corrected chi connectivity index (χ3v) is 9.25. The van der Waals surface area contributed by atoms with Gasteiger partial charge in [-0.3, -0.25) is 19.2 Å². The molecule has 5 rings (SSSR count). The topological polar surface area (TPSA) is 109 Å². The lowest BCUT2D eigenvalue weighted by molar-refractivity contribution is -0.151. The number of esters is 3. The molecule has 8 nitrogen and oxygen atoms in total. The fraction of sp³-hybridized carbons (Fsp3) is 0.469. The fourth-order valence-electron chi connectivity index (χ4n) is 5.67. The number of hydrogen-bond acceptors (Lipinski definition) is 9. The molecule has 2 saturated carbocycles. The number of aromatic nitrogens is 1. The van der Waals surface area contributed by atoms with Crippen molar-refractivity contribution in [3.63, 3.8) is 0 Å². The van der Waals surface area contributed by atoms with Gasteiger partial charge in [-0.1, -0.05) is 19.1 Å². The Bertz CT molecular complexity index is 1480. The molecule has 2 fully saturated rings. The highest BCUT2D eigenvalue weighted by atomic mass is 32.1. The zero-order valence-electron chi connectivity index (χ0n) is 23.4. The van der Waals surface area contributed by atoms with E-state index in [4.69, 9.17) is 14.2 Å². The van der Waals surface area contributed by atoms with Crippen molar-refractivity contribution in [1.82, 2.24) is 4.98 Å². The first-order valence-electron chi connectivity index (χ1n) is 14.5. The zero-order chi connectivity index (χ0) is 28.9. The molecule has 0 amide bonds. The summed E-state index contributed by atoms with van der Waals surface area (Å²) in [6, 6.07) is 12.0. The second-order valence-corrected chi connectivity index (χ2v) is 12.1. The molecule has 0 bridgehead atoms. The number of ether oxygens (including phenoxy) is 3. The van der Waals surface area contributed by atoms with Gasteiger partial charge < -0.3 is 14.2 Å². The third-order valence-electron chi connectivity index (χ3n) is 8.17. The molecule has 0 aliphatic heterocycles. The van der Waals surface area contributed by atoms with Gasteiger partial charge in [-0.15, -0.1) is 11.3 Å². The number of carbonyl (C=O) groups excluding carboxylic acids is 3. The number of nitrogens with zero attached hydrogens (tertiary/aromatic N) is 1. The van der Waals surface area contributed by atoms with Crippen LogP contribution in [0, 0.1) is 23.7 Å². The minimum absolute atomic E-state index is 0.147. The predicted octanol–water partition coefficient (Wildman–Crippen LogP) is 6.33. The first-order chi connectivity index (χ1) is 19.8. The molecule has 216 valence electrons. The van der Waals surface area contributed by atoms with Crippen LogP contribution in [-0.2, 0) is 19.1 Å². The molecule has 1 aromatic heterocycles. The Morgan fingerprint density at radius 3 is 2.12 bits per heavy atom. The molecular formula is C32H35NO7S. The van der Waals surface area contributed by atoms with Crippen LogP contribution in [0.25, 0.3) is 20.7 Å². The van der Waals surface area contributed by atoms with Crippen LogP contribution in [0.4, 0.5) is 0 Å². The Morgan fingerprint density at radius 1 is 0.829 bits per heavy atom. The van der Waals surface area contributed by atoms with E-state index in [1.54, 1.807) is 37.3 Å². The maximum atomic E-state index is 13.2. The lowest BCUT2D eigenvalue weighted by Crippen LogP contribution is -2.29. The van der Waals surface area contributed by atoms with Crippen LogP contribution in [0.1, 0.15) is 65.2 Å². The Morgan fingerprint density at radius 2 is 1.44 bits per heavy atom. The number of hydrogen-bond donors (Lipinski definition) is 0. The van der Waals surface area contributed by atoms with Crippen molar-refractivity contribution in [2.24, 2.45) is 23.7 Å². The van der Waals surface area contributed by atoms with E-state index in [2.05, 4.69) is 11.9 Å². The van der Waals surface area contributed by atoms with E-state index < -0.39 is 5.97 Å². The molecule has 2 aliphatic carbocycles. The quantitative estimate of drug-likeness (QED) is 0.237. The third kappa shape index (κ3) is 6.84. The van der Waals surface area contributed by atoms with Crippen molar-refractivity contribution in [2.75, 3.05) is 6.61 Å². The summed E-state index contributed by atoms with van der Waals surface area (Å²) in [5.74, 6) is -0.424. The molecule has 0 spiro atoms. The minimum Gasteiger partial charge on any atom is -0.466 e. The Balaban J connectivity index is 1.39. The number of fused-ring (bicyclic) bond motifs is 1. The van der Waals surface area contributed by atoms with Gasteiger partial charge in [-0.2, -0.15) is 4.98 Å². The maximum absolute atomic E-state index is 13.2. The Kier molecular flexibility index (Phi) is 9.12. The van der Waals surface area contributed by atoms with Crippen molar-refractivity contribution < 1.29 is 28.6 Å². The van der Waals surface area contributed by atoms with Crippen molar-refractivity contribution in [3.8, 4) is 22.1 Å². The molecule has 0 radical (unpaired) electrons. The van der Waals surface area contributed by atoms with E-state index in [9.17, 15) is 19.2 Å². The van der Waals surface area contributed by atoms with Gasteiger partial charge in [0, 0.05) is 4.70 Å². The van der Waals surface area contributed by atoms with Crippen LogP contribution >= 0.6 is 11.3 Å². The van der Waals surface area contributed by atoms with Gasteiger partial charge in [0.1, 0.15) is 16.5 Å². The van der Waals surface area contributed by atoms with E-state index in [1.807, 2.05) is 12.1 Å². The summed E-state index contributed by atoms with van der Waals surface area (Å²) in [6.07, 6.45) is 5.77. The summed E-state index contributed by atoms with van der Waals surface area (Å²) in [5, 5.41) is 0.874. The summed E-state index contributed by atoms with van der Waals surface area (Å²) >= 11 is 1.30. The summed E-state index contributed by atoms with van der Waals surface area (Å²) in [7, 11) is 0. The Labute approximate surface area is 243 Å². The summed E-state index contributed by atoms with van der Waals surface area (Å²) in [5.41, 5.74) is 0.0246. The van der Waals surface area contributed by atoms with Gasteiger partial charge >= 0.3 is 17.9 Å². The number of rotatable bonds is 7. The van der Waals surface area contributed by atoms with E-state index >= 15 is 0 Å². The molecule has 41 heavy (non-hydrogen) atoms. The van der Waals surface area contributed by atoms with Crippen molar-refractivity contribution >= 4 is 39.3 Å². The average molecular weight is 578 g/mol. The molecule has 0 unspecified atom stereocenters. The summed E-state index contributed by atoms with van der Waals surface area (Å²) in [6.45, 7) is 4.31. The van der Waals surface area contributed by atoms with E-state index in [-0.39, 0.29) is 41.0 Å². The standard InChI is InChI=1S/C32H35NO7S/c1-3-38-30(35)20-12-14-22(15-13-20)32(37)40-26-17-16-23(39-31(36)21-10-8-19(2)9-11-21)18-25(26)29-33-28(34)24-6-4-5-7-27(24)41-29/h4-7,16-22H,3,8-15H2,1-2H3. The monoisotopic (exact) mass is 577 g/mol. The first-order valence-corrected chi connectivity index (χ1v) is 15.3. The highest BCUT2D eigenvalue weighted by Gasteiger charge is 2.32. The zero-order valence-corrected chi connectivity index (χ0v) is 24.2. The van der Waals surface area contributed by atoms with Crippen molar-refractivity contribution in [3.05, 3.63) is 52.8 Å². The van der Waals surface area contributed by atoms with Gasteiger partial charge in [0.15, 0.2) is 0 Å². The summed E-state index contributed by atoms with van der Waals surface area (Å²) < 4.78 is 17.5. The normalized spacial score (nSPS) is 22.6. The second-order valence-electron chi connectivity index (χ2n) is 11.1. The van der Waals surface area contributed by atoms with E-state index in [1.165, 1.54) is 11.3 Å². The number of benzene rings is 2. The lowest BCUT2D eigenvalue weighted by Gasteiger charge is -2.26. The average Bonchev–Trinajstić information content (AvgIpc) is 2.98. The Hall–Kier alpha value is -3.59. The van der Waals surface area contributed by atoms with Crippen molar-refractivity contribution in [1.29, 1.82) is 0 Å². The molecule has 0 N–H and O–H groups in total. The smallest absolute Gasteiger partial charge is 0.314 e. The van der Waals surface area contributed by atoms with Crippen LogP contribution < -0.4 is 15.0 Å². The van der Waals surface area contributed by atoms with Crippen LogP contribution in [0.3, 0.4) is 0 Å². The molecule has 2 aromatic carbocycles. The lowest BCUT2D eigenvalue weighted by atomic mass is 9.82. The van der Waals surface area contributed by atoms with E-state index in [0.717, 1.165) is 30.4 Å². The van der Waals surface area contributed by atoms with Gasteiger partial charge in [-0.25, -0.2) is 0 Å². The van der Waals surface area contributed by atoms with Crippen LogP contribution in [0.5, 0.6) is 11.5 Å². The van der Waals surface area contributed by atoms with Gasteiger partial charge in [0.05, 0.1) is 35.3 Å². The fourth-order valence-corrected chi connectivity index (χ4v) is 6.69. The SMILES string of the molecule is CCOC(=O)C1CCC(C(=O)Oc2ccc(OC(=O)C3CCC(C)CC3)cc2-c2nc(=O)c3ccccc3s2)CC1. The van der Waals surface area contributed by atoms with Crippen LogP contribution in [-0.4, -0.2) is 29.5 Å². The maximum Gasteiger partial charge on any atom is 0.314 e. The number of carbonyl (C=O) groups is 3. The van der Waals surface area contributed by atoms with Crippen LogP contribution in [0.2, 0.25) is 0 Å². The van der Waals surface area contributed by atoms with Crippen LogP contribution in [0.15, 0.2) is 47.3 Å². The molecule has 3 aromatic rings. The largest absolute Gasteiger partial charge is 0.466 e. The highest BCUT2D eigenvalue weighted by Crippen LogP contribution is 2.38. The van der Waals surface area contributed by atoms with Gasteiger partial charge in [0.2, 0.25) is 0 Å². The second kappa shape index (κ2) is 12.9.